The van der Waals surface area contributed by atoms with Crippen molar-refractivity contribution in [2.75, 3.05) is 12.0 Å². The highest BCUT2D eigenvalue weighted by atomic mass is 35.5. The van der Waals surface area contributed by atoms with Gasteiger partial charge in [0.2, 0.25) is 0 Å². The van der Waals surface area contributed by atoms with Gasteiger partial charge in [0.05, 0.1) is 17.8 Å². The summed E-state index contributed by atoms with van der Waals surface area (Å²) in [6.07, 6.45) is 1.83. The Balaban J connectivity index is 1.69. The monoisotopic (exact) mass is 468 g/mol. The number of rotatable bonds is 5. The summed E-state index contributed by atoms with van der Waals surface area (Å²) in [5, 5.41) is 3.06. The van der Waals surface area contributed by atoms with Gasteiger partial charge >= 0.3 is 0 Å². The van der Waals surface area contributed by atoms with E-state index in [9.17, 15) is 4.79 Å². The predicted molar refractivity (Wildman–Crippen MR) is 132 cm³/mol. The second kappa shape index (κ2) is 9.30. The van der Waals surface area contributed by atoms with Crippen LogP contribution in [-0.2, 0) is 10.5 Å². The van der Waals surface area contributed by atoms with Gasteiger partial charge in [0.15, 0.2) is 5.17 Å². The summed E-state index contributed by atoms with van der Waals surface area (Å²) in [5.74, 6) is 1.11. The van der Waals surface area contributed by atoms with Crippen molar-refractivity contribution in [2.45, 2.75) is 19.6 Å². The minimum atomic E-state index is -0.168. The molecule has 4 rings (SSSR count). The zero-order chi connectivity index (χ0) is 22.0. The maximum Gasteiger partial charge on any atom is 0.283 e. The number of carbonyl (C=O) groups excluding carboxylic acids is 1. The maximum atomic E-state index is 13.3. The van der Waals surface area contributed by atoms with Crippen LogP contribution in [0.4, 0.5) is 5.69 Å². The maximum absolute atomic E-state index is 13.3. The summed E-state index contributed by atoms with van der Waals surface area (Å²) >= 11 is 9.46. The van der Waals surface area contributed by atoms with Gasteiger partial charge in [0.1, 0.15) is 11.4 Å². The molecule has 0 atom stereocenters. The highest BCUT2D eigenvalue weighted by Gasteiger charge is 2.32. The number of nitrogens with zero attached hydrogens (tertiary/aromatic N) is 2. The number of hydrogen-bond acceptors (Lipinski definition) is 5. The summed E-state index contributed by atoms with van der Waals surface area (Å²) in [5.41, 5.74) is 4.73. The molecule has 1 aliphatic rings. The third kappa shape index (κ3) is 4.71. The third-order valence-corrected chi connectivity index (χ3v) is 7.01. The zero-order valence-corrected chi connectivity index (χ0v) is 19.8. The van der Waals surface area contributed by atoms with E-state index in [-0.39, 0.29) is 5.91 Å². The smallest absolute Gasteiger partial charge is 0.283 e. The molecule has 0 aliphatic carbocycles. The molecule has 0 radical (unpaired) electrons. The molecular weight excluding hydrogens is 448 g/mol. The topological polar surface area (TPSA) is 41.9 Å². The van der Waals surface area contributed by atoms with Crippen molar-refractivity contribution >= 4 is 57.5 Å². The number of ether oxygens (including phenoxy) is 1. The van der Waals surface area contributed by atoms with Gasteiger partial charge in [0, 0.05) is 10.6 Å². The molecule has 0 unspecified atom stereocenters. The first-order chi connectivity index (χ1) is 15.0. The number of amidine groups is 1. The van der Waals surface area contributed by atoms with Crippen LogP contribution in [0.1, 0.15) is 21.6 Å². The minimum Gasteiger partial charge on any atom is -0.495 e. The van der Waals surface area contributed by atoms with E-state index >= 15 is 0 Å². The molecule has 0 spiro atoms. The van der Waals surface area contributed by atoms with Crippen LogP contribution >= 0.6 is 34.7 Å². The normalized spacial score (nSPS) is 15.0. The number of benzene rings is 2. The van der Waals surface area contributed by atoms with E-state index in [0.29, 0.717) is 33.1 Å². The number of hydrogen-bond donors (Lipinski definition) is 0. The first kappa shape index (κ1) is 21.7. The Morgan fingerprint density at radius 3 is 2.74 bits per heavy atom. The molecule has 1 amide bonds. The Morgan fingerprint density at radius 1 is 1.19 bits per heavy atom. The average Bonchev–Trinajstić information content (AvgIpc) is 3.37. The van der Waals surface area contributed by atoms with E-state index in [0.717, 1.165) is 4.88 Å². The first-order valence-corrected chi connectivity index (χ1v) is 11.9. The van der Waals surface area contributed by atoms with Gasteiger partial charge in [-0.25, -0.2) is 4.99 Å². The van der Waals surface area contributed by atoms with E-state index in [1.807, 2.05) is 29.7 Å². The van der Waals surface area contributed by atoms with Crippen LogP contribution in [0.2, 0.25) is 5.02 Å². The van der Waals surface area contributed by atoms with Crippen LogP contribution in [-0.4, -0.2) is 18.2 Å². The zero-order valence-electron chi connectivity index (χ0n) is 17.4. The molecule has 2 heterocycles. The summed E-state index contributed by atoms with van der Waals surface area (Å²) in [7, 11) is 1.57. The van der Waals surface area contributed by atoms with Gasteiger partial charge in [-0.3, -0.25) is 9.69 Å². The van der Waals surface area contributed by atoms with Crippen molar-refractivity contribution in [1.29, 1.82) is 0 Å². The molecule has 1 aliphatic heterocycles. The van der Waals surface area contributed by atoms with Crippen LogP contribution in [0.15, 0.2) is 64.6 Å². The lowest BCUT2D eigenvalue weighted by atomic mass is 10.1. The molecule has 0 fully saturated rings. The molecule has 1 aromatic heterocycles. The molecule has 3 aromatic rings. The van der Waals surface area contributed by atoms with Crippen molar-refractivity contribution < 1.29 is 9.53 Å². The quantitative estimate of drug-likeness (QED) is 0.391. The molecule has 0 saturated carbocycles. The van der Waals surface area contributed by atoms with Crippen molar-refractivity contribution in [1.82, 2.24) is 0 Å². The Morgan fingerprint density at radius 2 is 2.03 bits per heavy atom. The van der Waals surface area contributed by atoms with E-state index in [4.69, 9.17) is 21.3 Å². The van der Waals surface area contributed by atoms with Crippen LogP contribution in [0.5, 0.6) is 5.75 Å². The number of anilines is 1. The second-order valence-electron chi connectivity index (χ2n) is 7.12. The number of amides is 1. The lowest BCUT2D eigenvalue weighted by molar-refractivity contribution is -0.113. The summed E-state index contributed by atoms with van der Waals surface area (Å²) in [6, 6.07) is 15.7. The van der Waals surface area contributed by atoms with E-state index in [1.165, 1.54) is 16.7 Å². The summed E-state index contributed by atoms with van der Waals surface area (Å²) in [6.45, 7) is 4.18. The fourth-order valence-corrected chi connectivity index (χ4v) is 5.20. The third-order valence-electron chi connectivity index (χ3n) is 4.91. The fraction of sp³-hybridized carbons (Fsp3) is 0.167. The van der Waals surface area contributed by atoms with Gasteiger partial charge in [0.25, 0.3) is 5.91 Å². The molecule has 0 saturated heterocycles. The molecule has 7 heteroatoms. The standard InChI is InChI=1S/C24H21ClN2O2S2/c1-15-6-7-16(2)17(11-15)14-31-24-26-21(13-19-5-4-10-30-19)23(28)27(24)18-8-9-22(29-3)20(25)12-18/h4-13H,14H2,1-3H3/b21-13+. The van der Waals surface area contributed by atoms with E-state index < -0.39 is 0 Å². The highest BCUT2D eigenvalue weighted by molar-refractivity contribution is 8.13. The summed E-state index contributed by atoms with van der Waals surface area (Å²) in [4.78, 5) is 20.6. The Bertz CT molecular complexity index is 1190. The highest BCUT2D eigenvalue weighted by Crippen LogP contribution is 2.35. The van der Waals surface area contributed by atoms with Crippen molar-refractivity contribution in [3.63, 3.8) is 0 Å². The fourth-order valence-electron chi connectivity index (χ4n) is 3.22. The van der Waals surface area contributed by atoms with E-state index in [2.05, 4.69) is 32.0 Å². The molecular formula is C24H21ClN2O2S2. The predicted octanol–water partition coefficient (Wildman–Crippen LogP) is 6.70. The molecule has 0 N–H and O–H groups in total. The van der Waals surface area contributed by atoms with Crippen molar-refractivity contribution in [2.24, 2.45) is 4.99 Å². The number of thioether (sulfide) groups is 1. The Hall–Kier alpha value is -2.54. The van der Waals surface area contributed by atoms with E-state index in [1.54, 1.807) is 47.2 Å². The molecule has 0 bridgehead atoms. The number of carbonyl (C=O) groups is 1. The lowest BCUT2D eigenvalue weighted by Gasteiger charge is -2.19. The Labute approximate surface area is 195 Å². The SMILES string of the molecule is COc1ccc(N2C(=O)/C(=C\c3cccs3)N=C2SCc2cc(C)ccc2C)cc1Cl. The van der Waals surface area contributed by atoms with Crippen LogP contribution < -0.4 is 9.64 Å². The molecule has 158 valence electrons. The van der Waals surface area contributed by atoms with Crippen LogP contribution in [0.25, 0.3) is 6.08 Å². The second-order valence-corrected chi connectivity index (χ2v) is 9.45. The minimum absolute atomic E-state index is 0.168. The summed E-state index contributed by atoms with van der Waals surface area (Å²) < 4.78 is 5.26. The van der Waals surface area contributed by atoms with Gasteiger partial charge in [-0.05, 0) is 60.7 Å². The first-order valence-electron chi connectivity index (χ1n) is 9.67. The van der Waals surface area contributed by atoms with Gasteiger partial charge in [-0.1, -0.05) is 53.2 Å². The van der Waals surface area contributed by atoms with Gasteiger partial charge in [-0.15, -0.1) is 11.3 Å². The number of aryl methyl sites for hydroxylation is 2. The Kier molecular flexibility index (Phi) is 6.51. The number of thiophene rings is 1. The van der Waals surface area contributed by atoms with Crippen LogP contribution in [0.3, 0.4) is 0 Å². The molecule has 31 heavy (non-hydrogen) atoms. The van der Waals surface area contributed by atoms with Crippen LogP contribution in [0, 0.1) is 13.8 Å². The molecule has 2 aromatic carbocycles. The average molecular weight is 469 g/mol. The number of aliphatic imine (C=N–C) groups is 1. The number of methoxy groups -OCH3 is 1. The lowest BCUT2D eigenvalue weighted by Crippen LogP contribution is -2.30. The van der Waals surface area contributed by atoms with Crippen molar-refractivity contribution in [3.8, 4) is 5.75 Å². The number of halogens is 1. The van der Waals surface area contributed by atoms with Gasteiger partial charge < -0.3 is 4.74 Å². The largest absolute Gasteiger partial charge is 0.495 e. The van der Waals surface area contributed by atoms with Gasteiger partial charge in [-0.2, -0.15) is 0 Å². The molecule has 4 nitrogen and oxygen atoms in total. The van der Waals surface area contributed by atoms with Crippen molar-refractivity contribution in [3.05, 3.63) is 86.2 Å².